The molecule has 1 unspecified atom stereocenters. The first-order valence-electron chi connectivity index (χ1n) is 8.77. The number of halogens is 2. The molecule has 3 atom stereocenters. The maximum absolute atomic E-state index is 13.5. The number of hydrogen-bond donors (Lipinski definition) is 0. The average molecular weight is 362 g/mol. The molecule has 1 aliphatic carbocycles. The summed E-state index contributed by atoms with van der Waals surface area (Å²) in [6, 6.07) is 14.1. The predicted molar refractivity (Wildman–Crippen MR) is 101 cm³/mol. The second kappa shape index (κ2) is 7.35. The summed E-state index contributed by atoms with van der Waals surface area (Å²) in [7, 11) is 3.94. The summed E-state index contributed by atoms with van der Waals surface area (Å²) in [4.78, 5) is 2.47. The Morgan fingerprint density at radius 2 is 2.04 bits per heavy atom. The third kappa shape index (κ3) is 3.40. The Kier molecular flexibility index (Phi) is 5.35. The summed E-state index contributed by atoms with van der Waals surface area (Å²) in [5.41, 5.74) is 4.03. The van der Waals surface area contributed by atoms with E-state index in [0.29, 0.717) is 17.9 Å². The maximum atomic E-state index is 13.5. The maximum Gasteiger partial charge on any atom is 0.123 e. The summed E-state index contributed by atoms with van der Waals surface area (Å²) in [5.74, 6) is 2.06. The third-order valence-electron chi connectivity index (χ3n) is 5.89. The summed E-state index contributed by atoms with van der Waals surface area (Å²) in [6.07, 6.45) is 3.25. The van der Waals surface area contributed by atoms with Crippen molar-refractivity contribution in [2.24, 2.45) is 5.92 Å². The van der Waals surface area contributed by atoms with Gasteiger partial charge >= 0.3 is 0 Å². The Balaban J connectivity index is 0.00000182. The van der Waals surface area contributed by atoms with Crippen molar-refractivity contribution in [2.45, 2.75) is 31.2 Å². The van der Waals surface area contributed by atoms with Crippen LogP contribution in [0.25, 0.3) is 0 Å². The number of hydrogen-bond acceptors (Lipinski definition) is 2. The summed E-state index contributed by atoms with van der Waals surface area (Å²) in [5, 5.41) is 0. The molecule has 0 bridgehead atoms. The van der Waals surface area contributed by atoms with E-state index in [2.05, 4.69) is 30.1 Å². The van der Waals surface area contributed by atoms with E-state index in [1.807, 2.05) is 12.1 Å². The van der Waals surface area contributed by atoms with E-state index in [1.165, 1.54) is 23.6 Å². The van der Waals surface area contributed by atoms with Gasteiger partial charge in [0.25, 0.3) is 0 Å². The van der Waals surface area contributed by atoms with Crippen molar-refractivity contribution in [3.8, 4) is 5.75 Å². The Labute approximate surface area is 155 Å². The summed E-state index contributed by atoms with van der Waals surface area (Å²) in [6.45, 7) is 1.09. The second-order valence-corrected chi connectivity index (χ2v) is 7.21. The van der Waals surface area contributed by atoms with Crippen molar-refractivity contribution in [1.29, 1.82) is 0 Å². The van der Waals surface area contributed by atoms with Crippen LogP contribution in [0.2, 0.25) is 0 Å². The lowest BCUT2D eigenvalue weighted by molar-refractivity contribution is 0.259. The zero-order valence-corrected chi connectivity index (χ0v) is 15.6. The SMILES string of the molecule is COc1ccc2c(c1)CCC1[C@@H](Cc3cccc(F)c3)N(C)C[C@@H]21.Cl. The Bertz CT molecular complexity index is 750. The van der Waals surface area contributed by atoms with Crippen molar-refractivity contribution in [3.63, 3.8) is 0 Å². The number of ether oxygens (including phenoxy) is 1. The quantitative estimate of drug-likeness (QED) is 0.800. The van der Waals surface area contributed by atoms with Crippen LogP contribution >= 0.6 is 12.4 Å². The molecule has 1 aliphatic heterocycles. The van der Waals surface area contributed by atoms with Crippen LogP contribution in [0.1, 0.15) is 29.0 Å². The van der Waals surface area contributed by atoms with Gasteiger partial charge in [0.2, 0.25) is 0 Å². The zero-order valence-electron chi connectivity index (χ0n) is 14.7. The van der Waals surface area contributed by atoms with Crippen LogP contribution in [0.15, 0.2) is 42.5 Å². The minimum Gasteiger partial charge on any atom is -0.497 e. The molecule has 2 aromatic rings. The molecule has 0 N–H and O–H groups in total. The Hall–Kier alpha value is -1.58. The fraction of sp³-hybridized carbons (Fsp3) is 0.429. The van der Waals surface area contributed by atoms with Crippen LogP contribution in [-0.4, -0.2) is 31.6 Å². The van der Waals surface area contributed by atoms with Gasteiger partial charge in [0.1, 0.15) is 11.6 Å². The molecule has 0 radical (unpaired) electrons. The number of likely N-dealkylation sites (tertiary alicyclic amines) is 1. The van der Waals surface area contributed by atoms with Crippen LogP contribution in [0.5, 0.6) is 5.75 Å². The highest BCUT2D eigenvalue weighted by Gasteiger charge is 2.43. The smallest absolute Gasteiger partial charge is 0.123 e. The number of nitrogens with zero attached hydrogens (tertiary/aromatic N) is 1. The molecular formula is C21H25ClFNO. The number of aryl methyl sites for hydroxylation is 1. The molecule has 2 aliphatic rings. The molecule has 25 heavy (non-hydrogen) atoms. The standard InChI is InChI=1S/C21H24FNO.ClH/c1-23-13-20-18-9-7-17(24-2)12-15(18)6-8-19(20)21(23)11-14-4-3-5-16(22)10-14;/h3-5,7,9-10,12,19-21H,6,8,11,13H2,1-2H3;1H/t19?,20-,21+;/m0./s1. The topological polar surface area (TPSA) is 12.5 Å². The summed E-state index contributed by atoms with van der Waals surface area (Å²) < 4.78 is 18.9. The number of methoxy groups -OCH3 is 1. The van der Waals surface area contributed by atoms with Crippen molar-refractivity contribution < 1.29 is 9.13 Å². The van der Waals surface area contributed by atoms with E-state index in [-0.39, 0.29) is 18.2 Å². The van der Waals surface area contributed by atoms with E-state index >= 15 is 0 Å². The van der Waals surface area contributed by atoms with E-state index in [0.717, 1.165) is 30.7 Å². The summed E-state index contributed by atoms with van der Waals surface area (Å²) >= 11 is 0. The highest BCUT2D eigenvalue weighted by Crippen LogP contribution is 2.45. The first-order valence-corrected chi connectivity index (χ1v) is 8.77. The number of rotatable bonds is 3. The highest BCUT2D eigenvalue weighted by atomic mass is 35.5. The highest BCUT2D eigenvalue weighted by molar-refractivity contribution is 5.85. The molecule has 0 saturated carbocycles. The van der Waals surface area contributed by atoms with Gasteiger partial charge in [-0.15, -0.1) is 12.4 Å². The van der Waals surface area contributed by atoms with Crippen molar-refractivity contribution >= 4 is 12.4 Å². The average Bonchev–Trinajstić information content (AvgIpc) is 2.90. The van der Waals surface area contributed by atoms with Gasteiger partial charge in [-0.3, -0.25) is 0 Å². The van der Waals surface area contributed by atoms with E-state index in [4.69, 9.17) is 4.74 Å². The lowest BCUT2D eigenvalue weighted by Crippen LogP contribution is -2.32. The van der Waals surface area contributed by atoms with Crippen LogP contribution in [-0.2, 0) is 12.8 Å². The van der Waals surface area contributed by atoms with Gasteiger partial charge in [-0.05, 0) is 73.2 Å². The van der Waals surface area contributed by atoms with Gasteiger partial charge in [0.05, 0.1) is 7.11 Å². The van der Waals surface area contributed by atoms with Crippen molar-refractivity contribution in [3.05, 3.63) is 65.0 Å². The van der Waals surface area contributed by atoms with Crippen LogP contribution < -0.4 is 4.74 Å². The minimum absolute atomic E-state index is 0. The lowest BCUT2D eigenvalue weighted by atomic mass is 9.73. The van der Waals surface area contributed by atoms with Gasteiger partial charge in [-0.25, -0.2) is 4.39 Å². The molecule has 0 amide bonds. The largest absolute Gasteiger partial charge is 0.497 e. The van der Waals surface area contributed by atoms with Crippen LogP contribution in [0.4, 0.5) is 4.39 Å². The predicted octanol–water partition coefficient (Wildman–Crippen LogP) is 4.46. The van der Waals surface area contributed by atoms with Crippen molar-refractivity contribution in [1.82, 2.24) is 4.90 Å². The first kappa shape index (κ1) is 18.2. The lowest BCUT2D eigenvalue weighted by Gasteiger charge is -2.31. The van der Waals surface area contributed by atoms with E-state index < -0.39 is 0 Å². The zero-order chi connectivity index (χ0) is 16.7. The van der Waals surface area contributed by atoms with Gasteiger partial charge in [-0.2, -0.15) is 0 Å². The molecule has 1 fully saturated rings. The van der Waals surface area contributed by atoms with Crippen molar-refractivity contribution in [2.75, 3.05) is 20.7 Å². The Morgan fingerprint density at radius 3 is 2.80 bits per heavy atom. The first-order chi connectivity index (χ1) is 11.7. The number of likely N-dealkylation sites (N-methyl/N-ethyl adjacent to an activating group) is 1. The molecule has 4 rings (SSSR count). The normalized spacial score (nSPS) is 25.0. The Morgan fingerprint density at radius 1 is 1.20 bits per heavy atom. The molecule has 4 heteroatoms. The molecular weight excluding hydrogens is 337 g/mol. The molecule has 2 aromatic carbocycles. The number of fused-ring (bicyclic) bond motifs is 3. The monoisotopic (exact) mass is 361 g/mol. The van der Waals surface area contributed by atoms with Gasteiger partial charge < -0.3 is 9.64 Å². The molecule has 0 aromatic heterocycles. The fourth-order valence-electron chi connectivity index (χ4n) is 4.72. The molecule has 0 spiro atoms. The third-order valence-corrected chi connectivity index (χ3v) is 5.89. The van der Waals surface area contributed by atoms with Gasteiger partial charge in [0, 0.05) is 18.5 Å². The fourth-order valence-corrected chi connectivity index (χ4v) is 4.72. The molecule has 2 nitrogen and oxygen atoms in total. The van der Waals surface area contributed by atoms with Gasteiger partial charge in [0.15, 0.2) is 0 Å². The molecule has 1 heterocycles. The van der Waals surface area contributed by atoms with Crippen LogP contribution in [0.3, 0.4) is 0 Å². The number of benzene rings is 2. The van der Waals surface area contributed by atoms with E-state index in [1.54, 1.807) is 13.2 Å². The minimum atomic E-state index is -0.134. The van der Waals surface area contributed by atoms with E-state index in [9.17, 15) is 4.39 Å². The second-order valence-electron chi connectivity index (χ2n) is 7.21. The van der Waals surface area contributed by atoms with Crippen LogP contribution in [0, 0.1) is 11.7 Å². The molecule has 1 saturated heterocycles. The molecule has 134 valence electrons. The van der Waals surface area contributed by atoms with Gasteiger partial charge in [-0.1, -0.05) is 18.2 Å².